The predicted octanol–water partition coefficient (Wildman–Crippen LogP) is 3.53. The summed E-state index contributed by atoms with van der Waals surface area (Å²) in [5.74, 6) is -0.289. The second-order valence-electron chi connectivity index (χ2n) is 5.00. The van der Waals surface area contributed by atoms with Gasteiger partial charge in [0.2, 0.25) is 0 Å². The molecule has 0 saturated heterocycles. The summed E-state index contributed by atoms with van der Waals surface area (Å²) in [4.78, 5) is -0.121. The number of hydrogen-bond donors (Lipinski definition) is 0. The Labute approximate surface area is 130 Å². The largest absolute Gasteiger partial charge is 0.266 e. The normalized spacial score (nSPS) is 15.4. The van der Waals surface area contributed by atoms with Crippen molar-refractivity contribution >= 4 is 31.3 Å². The summed E-state index contributed by atoms with van der Waals surface area (Å²) in [6.07, 6.45) is 1.74. The Hall–Kier alpha value is -1.11. The molecule has 4 nitrogen and oxygen atoms in total. The van der Waals surface area contributed by atoms with Crippen molar-refractivity contribution in [2.75, 3.05) is 0 Å². The van der Waals surface area contributed by atoms with Crippen molar-refractivity contribution in [3.8, 4) is 0 Å². The van der Waals surface area contributed by atoms with Crippen molar-refractivity contribution in [3.63, 3.8) is 0 Å². The highest BCUT2D eigenvalue weighted by atomic mass is 35.7. The van der Waals surface area contributed by atoms with Gasteiger partial charge in [-0.1, -0.05) is 23.7 Å². The highest BCUT2D eigenvalue weighted by Crippen LogP contribution is 2.45. The Morgan fingerprint density at radius 1 is 1.38 bits per heavy atom. The Morgan fingerprint density at radius 2 is 2.10 bits per heavy atom. The summed E-state index contributed by atoms with van der Waals surface area (Å²) in [5, 5.41) is 4.23. The highest BCUT2D eigenvalue weighted by Gasteiger charge is 2.36. The number of aromatic nitrogens is 2. The summed E-state index contributed by atoms with van der Waals surface area (Å²) in [6.45, 7) is 0.183. The van der Waals surface area contributed by atoms with Gasteiger partial charge in [-0.15, -0.1) is 0 Å². The monoisotopic (exact) mass is 348 g/mol. The maximum Gasteiger partial charge on any atom is 0.266 e. The Kier molecular flexibility index (Phi) is 3.71. The fourth-order valence-electron chi connectivity index (χ4n) is 2.20. The van der Waals surface area contributed by atoms with Crippen molar-refractivity contribution in [3.05, 3.63) is 46.5 Å². The summed E-state index contributed by atoms with van der Waals surface area (Å²) in [7, 11) is 1.49. The minimum absolute atomic E-state index is 0.0313. The standard InChI is InChI=1S/C13H11Cl2FN2O2S/c14-13-12(21(15,19)20)11(9-4-5-9)17-18(13)7-8-2-1-3-10(16)6-8/h1-3,6,9H,4-5,7H2. The molecule has 0 radical (unpaired) electrons. The van der Waals surface area contributed by atoms with E-state index >= 15 is 0 Å². The van der Waals surface area contributed by atoms with Gasteiger partial charge in [-0.05, 0) is 30.5 Å². The third kappa shape index (κ3) is 3.07. The zero-order valence-electron chi connectivity index (χ0n) is 10.8. The van der Waals surface area contributed by atoms with Gasteiger partial charge in [0, 0.05) is 16.6 Å². The molecule has 2 aromatic rings. The lowest BCUT2D eigenvalue weighted by molar-refractivity contribution is 0.608. The lowest BCUT2D eigenvalue weighted by Crippen LogP contribution is -2.02. The van der Waals surface area contributed by atoms with Gasteiger partial charge in [0.1, 0.15) is 15.9 Å². The molecule has 0 spiro atoms. The van der Waals surface area contributed by atoms with Crippen LogP contribution in [0.4, 0.5) is 4.39 Å². The molecular weight excluding hydrogens is 338 g/mol. The van der Waals surface area contributed by atoms with Crippen LogP contribution in [0.3, 0.4) is 0 Å². The molecule has 1 saturated carbocycles. The lowest BCUT2D eigenvalue weighted by Gasteiger charge is -2.03. The van der Waals surface area contributed by atoms with E-state index in [1.807, 2.05) is 0 Å². The van der Waals surface area contributed by atoms with E-state index in [1.165, 1.54) is 16.8 Å². The van der Waals surface area contributed by atoms with Crippen LogP contribution in [0.5, 0.6) is 0 Å². The zero-order valence-corrected chi connectivity index (χ0v) is 13.1. The van der Waals surface area contributed by atoms with Gasteiger partial charge in [-0.2, -0.15) is 5.10 Å². The van der Waals surface area contributed by atoms with Crippen LogP contribution in [-0.2, 0) is 15.6 Å². The van der Waals surface area contributed by atoms with Crippen LogP contribution in [0.1, 0.15) is 30.0 Å². The quantitative estimate of drug-likeness (QED) is 0.794. The summed E-state index contributed by atoms with van der Waals surface area (Å²) in [6, 6.07) is 5.97. The maximum absolute atomic E-state index is 13.2. The van der Waals surface area contributed by atoms with Gasteiger partial charge in [0.15, 0.2) is 0 Å². The van der Waals surface area contributed by atoms with E-state index in [1.54, 1.807) is 12.1 Å². The fraction of sp³-hybridized carbons (Fsp3) is 0.308. The molecule has 21 heavy (non-hydrogen) atoms. The molecule has 3 rings (SSSR count). The smallest absolute Gasteiger partial charge is 0.248 e. The molecule has 1 fully saturated rings. The van der Waals surface area contributed by atoms with Crippen molar-refractivity contribution in [1.82, 2.24) is 9.78 Å². The van der Waals surface area contributed by atoms with Crippen LogP contribution < -0.4 is 0 Å². The van der Waals surface area contributed by atoms with Crippen molar-refractivity contribution in [1.29, 1.82) is 0 Å². The molecule has 112 valence electrons. The Bertz CT molecular complexity index is 800. The molecule has 1 aromatic carbocycles. The average molecular weight is 349 g/mol. The first kappa shape index (κ1) is 14.8. The van der Waals surface area contributed by atoms with Crippen LogP contribution in [-0.4, -0.2) is 18.2 Å². The molecule has 1 aliphatic carbocycles. The van der Waals surface area contributed by atoms with E-state index < -0.39 is 9.05 Å². The maximum atomic E-state index is 13.2. The van der Waals surface area contributed by atoms with Gasteiger partial charge < -0.3 is 0 Å². The van der Waals surface area contributed by atoms with Gasteiger partial charge in [-0.25, -0.2) is 17.5 Å². The fourth-order valence-corrected chi connectivity index (χ4v) is 4.04. The van der Waals surface area contributed by atoms with Crippen LogP contribution in [0, 0.1) is 5.82 Å². The first-order chi connectivity index (χ1) is 9.86. The van der Waals surface area contributed by atoms with Crippen LogP contribution in [0.2, 0.25) is 5.15 Å². The second-order valence-corrected chi connectivity index (χ2v) is 7.87. The van der Waals surface area contributed by atoms with E-state index in [2.05, 4.69) is 5.10 Å². The molecule has 0 unspecified atom stereocenters. The van der Waals surface area contributed by atoms with E-state index in [-0.39, 0.29) is 28.3 Å². The predicted molar refractivity (Wildman–Crippen MR) is 77.8 cm³/mol. The lowest BCUT2D eigenvalue weighted by atomic mass is 10.2. The van der Waals surface area contributed by atoms with E-state index in [4.69, 9.17) is 22.3 Å². The summed E-state index contributed by atoms with van der Waals surface area (Å²) < 4.78 is 37.9. The molecule has 0 atom stereocenters. The van der Waals surface area contributed by atoms with Gasteiger partial charge in [-0.3, -0.25) is 0 Å². The van der Waals surface area contributed by atoms with Gasteiger partial charge >= 0.3 is 0 Å². The number of halogens is 3. The van der Waals surface area contributed by atoms with Crippen LogP contribution >= 0.6 is 22.3 Å². The molecule has 0 bridgehead atoms. The molecular formula is C13H11Cl2FN2O2S. The van der Waals surface area contributed by atoms with Gasteiger partial charge in [0.25, 0.3) is 9.05 Å². The molecule has 1 aliphatic rings. The number of hydrogen-bond acceptors (Lipinski definition) is 3. The van der Waals surface area contributed by atoms with E-state index in [0.29, 0.717) is 11.3 Å². The average Bonchev–Trinajstić information content (AvgIpc) is 3.15. The van der Waals surface area contributed by atoms with E-state index in [0.717, 1.165) is 12.8 Å². The second kappa shape index (κ2) is 5.26. The molecule has 1 aromatic heterocycles. The summed E-state index contributed by atoms with van der Waals surface area (Å²) in [5.41, 5.74) is 1.05. The zero-order chi connectivity index (χ0) is 15.2. The van der Waals surface area contributed by atoms with Crippen LogP contribution in [0.25, 0.3) is 0 Å². The molecule has 8 heteroatoms. The number of benzene rings is 1. The minimum atomic E-state index is -3.97. The third-order valence-electron chi connectivity index (χ3n) is 3.30. The van der Waals surface area contributed by atoms with E-state index in [9.17, 15) is 12.8 Å². The highest BCUT2D eigenvalue weighted by molar-refractivity contribution is 8.13. The summed E-state index contributed by atoms with van der Waals surface area (Å²) >= 11 is 6.12. The minimum Gasteiger partial charge on any atom is -0.248 e. The number of rotatable bonds is 4. The van der Waals surface area contributed by atoms with Crippen LogP contribution in [0.15, 0.2) is 29.2 Å². The molecule has 1 heterocycles. The molecule has 0 N–H and O–H groups in total. The van der Waals surface area contributed by atoms with Crippen molar-refractivity contribution < 1.29 is 12.8 Å². The van der Waals surface area contributed by atoms with Gasteiger partial charge in [0.05, 0.1) is 12.2 Å². The third-order valence-corrected chi connectivity index (χ3v) is 5.15. The topological polar surface area (TPSA) is 52.0 Å². The van der Waals surface area contributed by atoms with Crippen molar-refractivity contribution in [2.24, 2.45) is 0 Å². The Balaban J connectivity index is 2.04. The first-order valence-corrected chi connectivity index (χ1v) is 9.00. The van der Waals surface area contributed by atoms with Crippen molar-refractivity contribution in [2.45, 2.75) is 30.2 Å². The Morgan fingerprint density at radius 3 is 2.67 bits per heavy atom. The number of nitrogens with zero attached hydrogens (tertiary/aromatic N) is 2. The molecule has 0 aliphatic heterocycles. The SMILES string of the molecule is O=S(=O)(Cl)c1c(C2CC2)nn(Cc2cccc(F)c2)c1Cl. The molecule has 0 amide bonds. The first-order valence-electron chi connectivity index (χ1n) is 6.31.